The van der Waals surface area contributed by atoms with Gasteiger partial charge in [0.2, 0.25) is 0 Å². The van der Waals surface area contributed by atoms with Gasteiger partial charge in [-0.05, 0) is 59.7 Å². The third-order valence-corrected chi connectivity index (χ3v) is 5.83. The summed E-state index contributed by atoms with van der Waals surface area (Å²) in [4.78, 5) is 0. The first kappa shape index (κ1) is 21.9. The Kier molecular flexibility index (Phi) is 6.45. The first-order valence-corrected chi connectivity index (χ1v) is 10.8. The van der Waals surface area contributed by atoms with E-state index in [2.05, 4.69) is 31.2 Å². The first-order valence-electron chi connectivity index (χ1n) is 10.0. The number of halogens is 2. The van der Waals surface area contributed by atoms with Gasteiger partial charge in [-0.2, -0.15) is 0 Å². The number of benzene rings is 4. The lowest BCUT2D eigenvalue weighted by Crippen LogP contribution is -1.96. The molecule has 0 radical (unpaired) electrons. The van der Waals surface area contributed by atoms with Crippen LogP contribution in [0, 0.1) is 0 Å². The molecule has 0 saturated carbocycles. The second-order valence-corrected chi connectivity index (χ2v) is 8.24. The minimum absolute atomic E-state index is 0.204. The highest BCUT2D eigenvalue weighted by molar-refractivity contribution is 6.33. The molecule has 32 heavy (non-hydrogen) atoms. The second kappa shape index (κ2) is 9.43. The average Bonchev–Trinajstić information content (AvgIpc) is 2.79. The fraction of sp³-hybridized carbons (Fsp3) is 0.0769. The fourth-order valence-electron chi connectivity index (χ4n) is 3.26. The van der Waals surface area contributed by atoms with Crippen LogP contribution in [0.3, 0.4) is 0 Å². The van der Waals surface area contributed by atoms with E-state index >= 15 is 0 Å². The van der Waals surface area contributed by atoms with Gasteiger partial charge < -0.3 is 20.9 Å². The number of ether oxygens (including phenoxy) is 2. The highest BCUT2D eigenvalue weighted by Gasteiger charge is 2.10. The van der Waals surface area contributed by atoms with Gasteiger partial charge in [-0.3, -0.25) is 0 Å². The molecule has 0 saturated heterocycles. The predicted molar refractivity (Wildman–Crippen MR) is 132 cm³/mol. The minimum atomic E-state index is 0.204. The predicted octanol–water partition coefficient (Wildman–Crippen LogP) is 7.89. The van der Waals surface area contributed by atoms with E-state index in [0.29, 0.717) is 32.9 Å². The largest absolute Gasteiger partial charge is 0.457 e. The van der Waals surface area contributed by atoms with Crippen molar-refractivity contribution in [1.29, 1.82) is 0 Å². The smallest absolute Gasteiger partial charge is 0.129 e. The molecular formula is C26H22Cl2N2O2. The molecule has 0 unspecified atom stereocenters. The Hall–Kier alpha value is -3.34. The summed E-state index contributed by atoms with van der Waals surface area (Å²) in [7, 11) is 0. The van der Waals surface area contributed by atoms with Gasteiger partial charge in [0, 0.05) is 18.1 Å². The molecule has 0 spiro atoms. The topological polar surface area (TPSA) is 70.5 Å². The standard InChI is InChI=1S/C26H22Cl2N2O2/c1-16(17-2-6-19(7-3-17)31-21-10-12-25(29)23(27)14-21)18-4-8-20(9-5-18)32-22-11-13-26(30)24(28)15-22/h2-16H,29-30H2,1H3. The SMILES string of the molecule is CC(c1ccc(Oc2ccc(N)c(Cl)c2)cc1)c1ccc(Oc2ccc(N)c(Cl)c2)cc1. The van der Waals surface area contributed by atoms with Crippen LogP contribution in [0.5, 0.6) is 23.0 Å². The molecule has 4 aromatic carbocycles. The van der Waals surface area contributed by atoms with Crippen molar-refractivity contribution in [3.63, 3.8) is 0 Å². The number of rotatable bonds is 6. The summed E-state index contributed by atoms with van der Waals surface area (Å²) in [6.07, 6.45) is 0. The van der Waals surface area contributed by atoms with Crippen LogP contribution in [0.1, 0.15) is 24.0 Å². The van der Waals surface area contributed by atoms with Crippen LogP contribution >= 0.6 is 23.2 Å². The first-order chi connectivity index (χ1) is 15.4. The van der Waals surface area contributed by atoms with E-state index in [1.807, 2.05) is 24.3 Å². The molecule has 4 rings (SSSR count). The van der Waals surface area contributed by atoms with E-state index in [1.54, 1.807) is 36.4 Å². The molecule has 0 atom stereocenters. The molecule has 0 aliphatic heterocycles. The molecule has 0 heterocycles. The number of hydrogen-bond donors (Lipinski definition) is 2. The van der Waals surface area contributed by atoms with E-state index in [9.17, 15) is 0 Å². The van der Waals surface area contributed by atoms with Crippen molar-refractivity contribution < 1.29 is 9.47 Å². The van der Waals surface area contributed by atoms with Gasteiger partial charge in [0.15, 0.2) is 0 Å². The van der Waals surface area contributed by atoms with E-state index in [0.717, 1.165) is 11.5 Å². The van der Waals surface area contributed by atoms with E-state index in [1.165, 1.54) is 11.1 Å². The van der Waals surface area contributed by atoms with Gasteiger partial charge >= 0.3 is 0 Å². The maximum atomic E-state index is 6.06. The molecule has 6 heteroatoms. The second-order valence-electron chi connectivity index (χ2n) is 7.43. The normalized spacial score (nSPS) is 10.9. The fourth-order valence-corrected chi connectivity index (χ4v) is 3.60. The third kappa shape index (κ3) is 5.10. The highest BCUT2D eigenvalue weighted by atomic mass is 35.5. The van der Waals surface area contributed by atoms with Crippen LogP contribution in [-0.2, 0) is 0 Å². The zero-order valence-corrected chi connectivity index (χ0v) is 18.9. The molecule has 0 aliphatic carbocycles. The van der Waals surface area contributed by atoms with Gasteiger partial charge in [0.1, 0.15) is 23.0 Å². The zero-order valence-electron chi connectivity index (χ0n) is 17.4. The maximum absolute atomic E-state index is 6.06. The van der Waals surface area contributed by atoms with Crippen molar-refractivity contribution in [3.8, 4) is 23.0 Å². The van der Waals surface area contributed by atoms with Crippen LogP contribution in [0.15, 0.2) is 84.9 Å². The Morgan fingerprint density at radius 2 is 0.906 bits per heavy atom. The lowest BCUT2D eigenvalue weighted by molar-refractivity contribution is 0.482. The van der Waals surface area contributed by atoms with Crippen molar-refractivity contribution in [1.82, 2.24) is 0 Å². The van der Waals surface area contributed by atoms with Crippen molar-refractivity contribution in [2.45, 2.75) is 12.8 Å². The molecule has 0 amide bonds. The number of hydrogen-bond acceptors (Lipinski definition) is 4. The third-order valence-electron chi connectivity index (χ3n) is 5.18. The Labute approximate surface area is 197 Å². The molecule has 0 bridgehead atoms. The number of anilines is 2. The summed E-state index contributed by atoms with van der Waals surface area (Å²) < 4.78 is 11.7. The Morgan fingerprint density at radius 3 is 1.25 bits per heavy atom. The lowest BCUT2D eigenvalue weighted by Gasteiger charge is -2.15. The Balaban J connectivity index is 1.42. The van der Waals surface area contributed by atoms with Crippen molar-refractivity contribution in [2.75, 3.05) is 11.5 Å². The average molecular weight is 465 g/mol. The number of nitrogens with two attached hydrogens (primary N) is 2. The summed E-state index contributed by atoms with van der Waals surface area (Å²) in [5.74, 6) is 2.95. The van der Waals surface area contributed by atoms with E-state index in [-0.39, 0.29) is 5.92 Å². The molecule has 0 aliphatic rings. The lowest BCUT2D eigenvalue weighted by atomic mass is 9.93. The van der Waals surface area contributed by atoms with Crippen LogP contribution in [0.4, 0.5) is 11.4 Å². The van der Waals surface area contributed by atoms with Gasteiger partial charge in [-0.1, -0.05) is 54.4 Å². The summed E-state index contributed by atoms with van der Waals surface area (Å²) in [6, 6.07) is 26.4. The summed E-state index contributed by atoms with van der Waals surface area (Å²) in [6.45, 7) is 2.16. The molecule has 4 N–H and O–H groups in total. The summed E-state index contributed by atoms with van der Waals surface area (Å²) in [5.41, 5.74) is 14.9. The molecule has 4 aromatic rings. The number of nitrogen functional groups attached to an aromatic ring is 2. The van der Waals surface area contributed by atoms with Crippen LogP contribution < -0.4 is 20.9 Å². The monoisotopic (exact) mass is 464 g/mol. The Bertz CT molecular complexity index is 1130. The maximum Gasteiger partial charge on any atom is 0.129 e. The van der Waals surface area contributed by atoms with E-state index < -0.39 is 0 Å². The van der Waals surface area contributed by atoms with Crippen LogP contribution in [0.2, 0.25) is 10.0 Å². The molecule has 162 valence electrons. The summed E-state index contributed by atoms with van der Waals surface area (Å²) in [5, 5.41) is 0.944. The minimum Gasteiger partial charge on any atom is -0.457 e. The van der Waals surface area contributed by atoms with Crippen LogP contribution in [-0.4, -0.2) is 0 Å². The van der Waals surface area contributed by atoms with Gasteiger partial charge in [-0.15, -0.1) is 0 Å². The summed E-state index contributed by atoms with van der Waals surface area (Å²) >= 11 is 12.1. The molecular weight excluding hydrogens is 443 g/mol. The van der Waals surface area contributed by atoms with Gasteiger partial charge in [0.05, 0.1) is 21.4 Å². The van der Waals surface area contributed by atoms with Crippen molar-refractivity contribution in [2.24, 2.45) is 0 Å². The van der Waals surface area contributed by atoms with Crippen LogP contribution in [0.25, 0.3) is 0 Å². The van der Waals surface area contributed by atoms with Crippen molar-refractivity contribution >= 4 is 34.6 Å². The Morgan fingerprint density at radius 1 is 0.562 bits per heavy atom. The highest BCUT2D eigenvalue weighted by Crippen LogP contribution is 2.32. The molecule has 0 aromatic heterocycles. The molecule has 4 nitrogen and oxygen atoms in total. The molecule has 0 fully saturated rings. The zero-order chi connectivity index (χ0) is 22.7. The quantitative estimate of drug-likeness (QED) is 0.284. The van der Waals surface area contributed by atoms with Gasteiger partial charge in [-0.25, -0.2) is 0 Å². The van der Waals surface area contributed by atoms with Crippen molar-refractivity contribution in [3.05, 3.63) is 106 Å². The van der Waals surface area contributed by atoms with Gasteiger partial charge in [0.25, 0.3) is 0 Å². The van der Waals surface area contributed by atoms with E-state index in [4.69, 9.17) is 44.1 Å².